The van der Waals surface area contributed by atoms with Gasteiger partial charge in [0.05, 0.1) is 5.75 Å². The molecule has 0 amide bonds. The molecule has 7 nitrogen and oxygen atoms in total. The molecule has 0 unspecified atom stereocenters. The highest BCUT2D eigenvalue weighted by atomic mass is 32.1. The lowest BCUT2D eigenvalue weighted by atomic mass is 10.0. The molecule has 0 aromatic carbocycles. The number of hydroxylamine groups is 2. The fraction of sp³-hybridized carbons (Fsp3) is 0.921. The minimum Gasteiger partial charge on any atom is -0.477 e. The molecule has 0 spiro atoms. The summed E-state index contributed by atoms with van der Waals surface area (Å²) in [6, 6.07) is 0. The van der Waals surface area contributed by atoms with Gasteiger partial charge in [0.15, 0.2) is 0 Å². The van der Waals surface area contributed by atoms with Gasteiger partial charge < -0.3 is 14.7 Å². The molecule has 1 N–H and O–H groups in total. The van der Waals surface area contributed by atoms with Crippen LogP contribution in [0.3, 0.4) is 0 Å². The third-order valence-electron chi connectivity index (χ3n) is 8.84. The van der Waals surface area contributed by atoms with Gasteiger partial charge >= 0.3 is 23.6 Å². The molecule has 272 valence electrons. The molecular weight excluding hydrogens is 598 g/mol. The Morgan fingerprint density at radius 2 is 0.848 bits per heavy atom. The Balaban J connectivity index is 4.34. The molecule has 0 aromatic rings. The Hall–Kier alpha value is -1.28. The molecule has 0 aliphatic carbocycles. The van der Waals surface area contributed by atoms with Crippen LogP contribution in [0.25, 0.3) is 0 Å². The first-order valence-corrected chi connectivity index (χ1v) is 20.1. The predicted molar refractivity (Wildman–Crippen MR) is 194 cm³/mol. The minimum absolute atomic E-state index is 0.128. The van der Waals surface area contributed by atoms with Gasteiger partial charge in [-0.1, -0.05) is 180 Å². The average Bonchev–Trinajstić information content (AvgIpc) is 3.04. The fourth-order valence-electron chi connectivity index (χ4n) is 5.87. The first-order chi connectivity index (χ1) is 22.4. The molecule has 0 saturated heterocycles. The fourth-order valence-corrected chi connectivity index (χ4v) is 6.22. The van der Waals surface area contributed by atoms with E-state index in [1.165, 1.54) is 122 Å². The number of rotatable bonds is 35. The second kappa shape index (κ2) is 32.3. The second-order valence-electron chi connectivity index (χ2n) is 13.3. The van der Waals surface area contributed by atoms with E-state index in [0.29, 0.717) is 19.3 Å². The van der Waals surface area contributed by atoms with E-state index in [4.69, 9.17) is 9.57 Å². The second-order valence-corrected chi connectivity index (χ2v) is 13.6. The number of aliphatic carboxylic acids is 1. The number of esters is 1. The smallest absolute Gasteiger partial charge is 0.368 e. The summed E-state index contributed by atoms with van der Waals surface area (Å²) in [4.78, 5) is 43.4. The van der Waals surface area contributed by atoms with Crippen molar-refractivity contribution in [2.24, 2.45) is 0 Å². The maximum Gasteiger partial charge on any atom is 0.368 e. The van der Waals surface area contributed by atoms with Crippen LogP contribution in [0.4, 0.5) is 0 Å². The number of carboxylic acids is 1. The number of ether oxygens (including phenoxy) is 1. The number of carboxylic acid groups (broad SMARTS) is 1. The molecule has 0 aliphatic rings. The highest BCUT2D eigenvalue weighted by molar-refractivity contribution is 7.80. The van der Waals surface area contributed by atoms with Gasteiger partial charge in [-0.15, -0.1) is 0 Å². The quantitative estimate of drug-likeness (QED) is 0.0228. The van der Waals surface area contributed by atoms with Crippen molar-refractivity contribution in [3.63, 3.8) is 0 Å². The maximum atomic E-state index is 12.7. The highest BCUT2D eigenvalue weighted by Gasteiger charge is 2.49. The van der Waals surface area contributed by atoms with E-state index in [0.717, 1.165) is 37.2 Å². The molecule has 0 rings (SSSR count). The van der Waals surface area contributed by atoms with Crippen LogP contribution in [-0.4, -0.2) is 46.1 Å². The average molecular weight is 672 g/mol. The lowest BCUT2D eigenvalue weighted by Gasteiger charge is -2.36. The van der Waals surface area contributed by atoms with Gasteiger partial charge in [0.1, 0.15) is 0 Å². The van der Waals surface area contributed by atoms with Crippen molar-refractivity contribution in [2.75, 3.05) is 12.3 Å². The first kappa shape index (κ1) is 44.7. The molecule has 0 bridgehead atoms. The zero-order valence-electron chi connectivity index (χ0n) is 30.3. The lowest BCUT2D eigenvalue weighted by molar-refractivity contribution is -0.276. The standard InChI is InChI=1S/C38H73NO6S/c1-4-7-9-11-13-15-17-19-21-23-25-27-29-31-35(40)44-38(34-46,37(42)43)39(33-6-3)45-36(41)32-30-28-26-24-22-20-18-16-14-12-10-8-5-2/h46H,4-34H2,1-3H3,(H,42,43)/t38-/m1/s1. The Bertz CT molecular complexity index is 736. The molecule has 1 atom stereocenters. The maximum absolute atomic E-state index is 12.7. The monoisotopic (exact) mass is 672 g/mol. The van der Waals surface area contributed by atoms with Crippen LogP contribution < -0.4 is 0 Å². The van der Waals surface area contributed by atoms with Gasteiger partial charge in [0, 0.05) is 19.4 Å². The number of hydrogen-bond donors (Lipinski definition) is 2. The van der Waals surface area contributed by atoms with Crippen molar-refractivity contribution in [3.05, 3.63) is 0 Å². The topological polar surface area (TPSA) is 93.1 Å². The summed E-state index contributed by atoms with van der Waals surface area (Å²) in [5, 5.41) is 11.1. The van der Waals surface area contributed by atoms with E-state index in [1.807, 2.05) is 6.92 Å². The number of carbonyl (C=O) groups is 3. The van der Waals surface area contributed by atoms with Gasteiger partial charge in [-0.2, -0.15) is 12.6 Å². The molecule has 0 aromatic heterocycles. The van der Waals surface area contributed by atoms with E-state index in [2.05, 4.69) is 26.5 Å². The molecule has 0 saturated carbocycles. The van der Waals surface area contributed by atoms with Crippen LogP contribution in [0.15, 0.2) is 0 Å². The van der Waals surface area contributed by atoms with E-state index in [1.54, 1.807) is 0 Å². The number of nitrogens with zero attached hydrogens (tertiary/aromatic N) is 1. The number of hydrogen-bond acceptors (Lipinski definition) is 7. The number of thiol groups is 1. The molecular formula is C38H73NO6S. The molecule has 46 heavy (non-hydrogen) atoms. The van der Waals surface area contributed by atoms with Crippen molar-refractivity contribution in [3.8, 4) is 0 Å². The summed E-state index contributed by atoms with van der Waals surface area (Å²) in [5.41, 5.74) is -2.14. The van der Waals surface area contributed by atoms with Crippen molar-refractivity contribution in [1.82, 2.24) is 5.06 Å². The van der Waals surface area contributed by atoms with Crippen molar-refractivity contribution in [1.29, 1.82) is 0 Å². The number of carbonyl (C=O) groups excluding carboxylic acids is 2. The zero-order chi connectivity index (χ0) is 34.1. The third kappa shape index (κ3) is 23.9. The van der Waals surface area contributed by atoms with Gasteiger partial charge in [0.25, 0.3) is 0 Å². The van der Waals surface area contributed by atoms with Gasteiger partial charge in [-0.25, -0.2) is 4.79 Å². The Morgan fingerprint density at radius 1 is 0.522 bits per heavy atom. The summed E-state index contributed by atoms with van der Waals surface area (Å²) in [5.74, 6) is -2.81. The van der Waals surface area contributed by atoms with Crippen LogP contribution in [0.5, 0.6) is 0 Å². The SMILES string of the molecule is CCCCCCCCCCCCCCCC(=O)ON(CCC)[C@](CS)(OC(=O)CCCCCCCCCCCCCCC)C(=O)O. The Labute approximate surface area is 289 Å². The summed E-state index contributed by atoms with van der Waals surface area (Å²) < 4.78 is 5.53. The summed E-state index contributed by atoms with van der Waals surface area (Å²) >= 11 is 4.23. The van der Waals surface area contributed by atoms with Crippen molar-refractivity contribution in [2.45, 2.75) is 213 Å². The van der Waals surface area contributed by atoms with Gasteiger partial charge in [0.2, 0.25) is 0 Å². The van der Waals surface area contributed by atoms with Crippen LogP contribution in [0, 0.1) is 0 Å². The Kier molecular flexibility index (Phi) is 31.4. The van der Waals surface area contributed by atoms with Crippen LogP contribution in [-0.2, 0) is 24.0 Å². The van der Waals surface area contributed by atoms with E-state index in [-0.39, 0.29) is 25.1 Å². The van der Waals surface area contributed by atoms with E-state index in [9.17, 15) is 19.5 Å². The first-order valence-electron chi connectivity index (χ1n) is 19.4. The zero-order valence-corrected chi connectivity index (χ0v) is 31.2. The van der Waals surface area contributed by atoms with Crippen molar-refractivity contribution >= 4 is 30.5 Å². The summed E-state index contributed by atoms with van der Waals surface area (Å²) in [6.07, 6.45) is 32.2. The van der Waals surface area contributed by atoms with Gasteiger partial charge in [-0.3, -0.25) is 9.59 Å². The normalized spacial score (nSPS) is 12.7. The van der Waals surface area contributed by atoms with Crippen LogP contribution in [0.2, 0.25) is 0 Å². The summed E-state index contributed by atoms with van der Waals surface area (Å²) in [6.45, 7) is 6.48. The largest absolute Gasteiger partial charge is 0.477 e. The molecule has 0 heterocycles. The predicted octanol–water partition coefficient (Wildman–Crippen LogP) is 11.4. The Morgan fingerprint density at radius 3 is 1.15 bits per heavy atom. The number of unbranched alkanes of at least 4 members (excludes halogenated alkanes) is 24. The lowest BCUT2D eigenvalue weighted by Crippen LogP contribution is -2.59. The molecule has 8 heteroatoms. The van der Waals surface area contributed by atoms with Crippen LogP contribution in [0.1, 0.15) is 207 Å². The molecule has 0 radical (unpaired) electrons. The highest BCUT2D eigenvalue weighted by Crippen LogP contribution is 2.24. The van der Waals surface area contributed by atoms with Crippen LogP contribution >= 0.6 is 12.6 Å². The molecule has 0 aliphatic heterocycles. The summed E-state index contributed by atoms with van der Waals surface area (Å²) in [7, 11) is 0. The van der Waals surface area contributed by atoms with E-state index >= 15 is 0 Å². The third-order valence-corrected chi connectivity index (χ3v) is 9.27. The van der Waals surface area contributed by atoms with Crippen molar-refractivity contribution < 1.29 is 29.1 Å². The minimum atomic E-state index is -2.14. The molecule has 0 fully saturated rings. The van der Waals surface area contributed by atoms with E-state index < -0.39 is 23.6 Å². The van der Waals surface area contributed by atoms with Gasteiger partial charge in [-0.05, 0) is 19.3 Å².